The molecule has 0 bridgehead atoms. The molecule has 0 saturated carbocycles. The largest absolute Gasteiger partial charge is 0.479 e. The molecule has 0 aliphatic carbocycles. The van der Waals surface area contributed by atoms with Crippen LogP contribution in [-0.2, 0) is 18.6 Å². The lowest BCUT2D eigenvalue weighted by molar-refractivity contribution is -0.148. The summed E-state index contributed by atoms with van der Waals surface area (Å²) in [5.41, 5.74) is 0. The molecule has 0 fully saturated rings. The summed E-state index contributed by atoms with van der Waals surface area (Å²) in [7, 11) is -4.40. The molecule has 0 aromatic rings. The lowest BCUT2D eigenvalue weighted by Gasteiger charge is -2.28. The van der Waals surface area contributed by atoms with E-state index in [0.29, 0.717) is 6.42 Å². The van der Waals surface area contributed by atoms with Crippen LogP contribution in [0.2, 0.25) is 0 Å². The number of carbonyl (C=O) groups is 1. The van der Waals surface area contributed by atoms with Gasteiger partial charge >= 0.3 is 13.6 Å². The van der Waals surface area contributed by atoms with Crippen LogP contribution in [0.5, 0.6) is 0 Å². The normalized spacial score (nSPS) is 16.0. The second-order valence-electron chi connectivity index (χ2n) is 9.72. The first-order valence-electron chi connectivity index (χ1n) is 14.3. The average molecular weight is 539 g/mol. The molecule has 0 aromatic carbocycles. The Bertz CT molecular complexity index is 548. The van der Waals surface area contributed by atoms with E-state index in [-0.39, 0.29) is 11.9 Å². The van der Waals surface area contributed by atoms with Crippen molar-refractivity contribution in [2.45, 2.75) is 154 Å². The molecule has 8 heteroatoms. The Morgan fingerprint density at radius 1 is 0.800 bits per heavy atom. The number of carboxylic acids is 1. The number of hydrogen-bond acceptors (Lipinski definition) is 5. The summed E-state index contributed by atoms with van der Waals surface area (Å²) in [5, 5.41) is 9.66. The molecule has 2 N–H and O–H groups in total. The second kappa shape index (κ2) is 23.1. The lowest BCUT2D eigenvalue weighted by atomic mass is 10.1. The van der Waals surface area contributed by atoms with Gasteiger partial charge in [0.1, 0.15) is 0 Å². The molecule has 4 unspecified atom stereocenters. The molecule has 0 heterocycles. The van der Waals surface area contributed by atoms with Crippen LogP contribution in [0.1, 0.15) is 137 Å². The van der Waals surface area contributed by atoms with Crippen LogP contribution in [0.15, 0.2) is 0 Å². The zero-order valence-corrected chi connectivity index (χ0v) is 24.8. The topological polar surface area (TPSA) is 93.1 Å². The van der Waals surface area contributed by atoms with E-state index in [1.54, 1.807) is 6.92 Å². The quantitative estimate of drug-likeness (QED) is 0.0839. The van der Waals surface area contributed by atoms with Gasteiger partial charge in [0.05, 0.1) is 12.7 Å². The fraction of sp³-hybridized carbons (Fsp3) is 0.963. The summed E-state index contributed by atoms with van der Waals surface area (Å²) in [6, 6.07) is 0. The smallest absolute Gasteiger partial charge is 0.368 e. The molecule has 0 aromatic heterocycles. The third-order valence-corrected chi connectivity index (χ3v) is 9.34. The van der Waals surface area contributed by atoms with Crippen LogP contribution >= 0.6 is 19.4 Å². The van der Waals surface area contributed by atoms with Gasteiger partial charge in [-0.3, -0.25) is 4.57 Å². The maximum atomic E-state index is 12.5. The molecular weight excluding hydrogens is 483 g/mol. The van der Waals surface area contributed by atoms with E-state index in [4.69, 9.17) is 9.26 Å². The van der Waals surface area contributed by atoms with Gasteiger partial charge in [0.2, 0.25) is 0 Å². The number of carboxylic acid groups (broad SMARTS) is 1. The standard InChI is InChI=1S/C27H55O6PS/c1-5-8-10-12-14-16-18-20-23-35-25(21-19-17-15-13-11-9-6-2)24(4)33-27(26(28)29)34(30,31)32-22-7-3/h24-25,27H,5-23H2,1-4H3,(H,28,29)(H,30,31). The fourth-order valence-electron chi connectivity index (χ4n) is 4.08. The van der Waals surface area contributed by atoms with Gasteiger partial charge in [-0.1, -0.05) is 111 Å². The highest BCUT2D eigenvalue weighted by Gasteiger charge is 2.42. The third-order valence-electron chi connectivity index (χ3n) is 6.28. The van der Waals surface area contributed by atoms with Crippen LogP contribution in [0.4, 0.5) is 0 Å². The minimum atomic E-state index is -4.40. The summed E-state index contributed by atoms with van der Waals surface area (Å²) in [5.74, 6) is -2.28. The van der Waals surface area contributed by atoms with E-state index < -0.39 is 25.5 Å². The zero-order chi connectivity index (χ0) is 26.4. The van der Waals surface area contributed by atoms with E-state index in [0.717, 1.165) is 31.4 Å². The zero-order valence-electron chi connectivity index (χ0n) is 23.0. The Morgan fingerprint density at radius 2 is 1.29 bits per heavy atom. The highest BCUT2D eigenvalue weighted by atomic mass is 32.2. The van der Waals surface area contributed by atoms with Crippen LogP contribution in [0.25, 0.3) is 0 Å². The van der Waals surface area contributed by atoms with Crippen molar-refractivity contribution in [3.05, 3.63) is 0 Å². The van der Waals surface area contributed by atoms with Crippen LogP contribution < -0.4 is 0 Å². The SMILES string of the molecule is CCCCCCCCCCSC(CCCCCCCCC)C(C)OC(C(=O)O)P(=O)(O)OCCC. The fourth-order valence-corrected chi connectivity index (χ4v) is 6.63. The average Bonchev–Trinajstić information content (AvgIpc) is 2.82. The summed E-state index contributed by atoms with van der Waals surface area (Å²) in [6.45, 7) is 8.13. The van der Waals surface area contributed by atoms with E-state index in [1.165, 1.54) is 77.0 Å². The number of unbranched alkanes of at least 4 members (excludes halogenated alkanes) is 13. The molecule has 0 rings (SSSR count). The first kappa shape index (κ1) is 34.9. The van der Waals surface area contributed by atoms with E-state index in [2.05, 4.69) is 13.8 Å². The summed E-state index contributed by atoms with van der Waals surface area (Å²) >= 11 is 1.83. The van der Waals surface area contributed by atoms with Gasteiger partial charge in [-0.2, -0.15) is 11.8 Å². The van der Waals surface area contributed by atoms with Crippen molar-refractivity contribution in [3.63, 3.8) is 0 Å². The molecule has 0 radical (unpaired) electrons. The van der Waals surface area contributed by atoms with Gasteiger partial charge in [-0.05, 0) is 31.9 Å². The Balaban J connectivity index is 4.74. The third kappa shape index (κ3) is 18.8. The van der Waals surface area contributed by atoms with Crippen LogP contribution in [0.3, 0.4) is 0 Å². The Morgan fingerprint density at radius 3 is 1.77 bits per heavy atom. The van der Waals surface area contributed by atoms with Crippen molar-refractivity contribution in [1.29, 1.82) is 0 Å². The molecule has 0 aliphatic rings. The molecule has 0 aliphatic heterocycles. The summed E-state index contributed by atoms with van der Waals surface area (Å²) in [4.78, 5) is 21.9. The Labute approximate surface area is 220 Å². The molecule has 4 atom stereocenters. The molecule has 0 spiro atoms. The minimum Gasteiger partial charge on any atom is -0.479 e. The minimum absolute atomic E-state index is 0.0317. The van der Waals surface area contributed by atoms with Gasteiger partial charge in [0.25, 0.3) is 5.85 Å². The maximum Gasteiger partial charge on any atom is 0.368 e. The number of aliphatic carboxylic acids is 1. The van der Waals surface area contributed by atoms with Crippen molar-refractivity contribution >= 4 is 25.3 Å². The van der Waals surface area contributed by atoms with Crippen molar-refractivity contribution in [1.82, 2.24) is 0 Å². The predicted octanol–water partition coefficient (Wildman–Crippen LogP) is 8.80. The second-order valence-corrected chi connectivity index (χ2v) is 12.9. The summed E-state index contributed by atoms with van der Waals surface area (Å²) < 4.78 is 23.2. The molecule has 0 amide bonds. The maximum absolute atomic E-state index is 12.5. The Kier molecular flexibility index (Phi) is 23.0. The van der Waals surface area contributed by atoms with Crippen molar-refractivity contribution in [2.24, 2.45) is 0 Å². The Hall–Kier alpha value is -0.0700. The number of ether oxygens (including phenoxy) is 1. The number of rotatable bonds is 26. The van der Waals surface area contributed by atoms with Crippen molar-refractivity contribution in [3.8, 4) is 0 Å². The van der Waals surface area contributed by atoms with E-state index >= 15 is 0 Å². The van der Waals surface area contributed by atoms with Crippen molar-refractivity contribution < 1.29 is 28.6 Å². The van der Waals surface area contributed by atoms with Crippen LogP contribution in [0, 0.1) is 0 Å². The van der Waals surface area contributed by atoms with E-state index in [9.17, 15) is 19.4 Å². The van der Waals surface area contributed by atoms with E-state index in [1.807, 2.05) is 18.7 Å². The molecular formula is C27H55O6PS. The highest BCUT2D eigenvalue weighted by Crippen LogP contribution is 2.49. The van der Waals surface area contributed by atoms with Crippen LogP contribution in [-0.4, -0.2) is 45.5 Å². The first-order valence-corrected chi connectivity index (χ1v) is 17.0. The van der Waals surface area contributed by atoms with Gasteiger partial charge in [-0.25, -0.2) is 4.79 Å². The number of hydrogen-bond donors (Lipinski definition) is 2. The van der Waals surface area contributed by atoms with Crippen molar-refractivity contribution in [2.75, 3.05) is 12.4 Å². The molecule has 35 heavy (non-hydrogen) atoms. The predicted molar refractivity (Wildman–Crippen MR) is 150 cm³/mol. The molecule has 6 nitrogen and oxygen atoms in total. The number of thioether (sulfide) groups is 1. The summed E-state index contributed by atoms with van der Waals surface area (Å²) in [6.07, 6.45) is 19.7. The molecule has 0 saturated heterocycles. The monoisotopic (exact) mass is 538 g/mol. The van der Waals surface area contributed by atoms with Gasteiger partial charge in [-0.15, -0.1) is 0 Å². The highest BCUT2D eigenvalue weighted by molar-refractivity contribution is 7.99. The first-order chi connectivity index (χ1) is 16.8. The van der Waals surface area contributed by atoms with Gasteiger partial charge < -0.3 is 19.3 Å². The van der Waals surface area contributed by atoms with Gasteiger partial charge in [0.15, 0.2) is 0 Å². The van der Waals surface area contributed by atoms with Gasteiger partial charge in [0, 0.05) is 5.25 Å². The lowest BCUT2D eigenvalue weighted by Crippen LogP contribution is -2.34. The molecule has 210 valence electrons.